The van der Waals surface area contributed by atoms with Crippen molar-refractivity contribution in [1.82, 2.24) is 9.55 Å². The second-order valence-electron chi connectivity index (χ2n) is 7.54. The molecule has 5 nitrogen and oxygen atoms in total. The van der Waals surface area contributed by atoms with Crippen LogP contribution in [0.5, 0.6) is 0 Å². The largest absolute Gasteiger partial charge is 0.325 e. The van der Waals surface area contributed by atoms with E-state index in [-0.39, 0.29) is 17.2 Å². The number of nitrogens with one attached hydrogen (secondary N) is 1. The normalized spacial score (nSPS) is 11.0. The number of halogens is 1. The Hall–Kier alpha value is -3.09. The van der Waals surface area contributed by atoms with Gasteiger partial charge in [0.15, 0.2) is 5.16 Å². The van der Waals surface area contributed by atoms with Gasteiger partial charge in [0, 0.05) is 10.7 Å². The molecular formula is C25H22ClN3O2S. The number of thioether (sulfide) groups is 1. The summed E-state index contributed by atoms with van der Waals surface area (Å²) in [6, 6.07) is 18.5. The lowest BCUT2D eigenvalue weighted by Gasteiger charge is -2.16. The van der Waals surface area contributed by atoms with Crippen LogP contribution >= 0.6 is 23.4 Å². The average molecular weight is 464 g/mol. The number of amides is 1. The Morgan fingerprint density at radius 3 is 2.44 bits per heavy atom. The quantitative estimate of drug-likeness (QED) is 0.305. The van der Waals surface area contributed by atoms with E-state index in [0.717, 1.165) is 22.4 Å². The van der Waals surface area contributed by atoms with Gasteiger partial charge in [0.2, 0.25) is 5.91 Å². The molecule has 1 N–H and O–H groups in total. The minimum atomic E-state index is -0.196. The number of carbonyl (C=O) groups excluding carboxylic acids is 1. The Labute approximate surface area is 195 Å². The van der Waals surface area contributed by atoms with Gasteiger partial charge in [-0.05, 0) is 61.7 Å². The fourth-order valence-corrected chi connectivity index (χ4v) is 4.55. The molecule has 0 radical (unpaired) electrons. The molecule has 0 aliphatic heterocycles. The lowest BCUT2D eigenvalue weighted by Crippen LogP contribution is -2.23. The highest BCUT2D eigenvalue weighted by Crippen LogP contribution is 2.27. The van der Waals surface area contributed by atoms with Crippen LogP contribution in [0.3, 0.4) is 0 Å². The number of benzene rings is 3. The predicted octanol–water partition coefficient (Wildman–Crippen LogP) is 5.70. The molecule has 0 atom stereocenters. The zero-order chi connectivity index (χ0) is 22.8. The third-order valence-electron chi connectivity index (χ3n) is 5.30. The molecule has 0 saturated heterocycles. The molecule has 1 heterocycles. The molecule has 0 unspecified atom stereocenters. The first kappa shape index (κ1) is 22.1. The van der Waals surface area contributed by atoms with Gasteiger partial charge in [0.25, 0.3) is 5.56 Å². The van der Waals surface area contributed by atoms with Crippen molar-refractivity contribution in [3.63, 3.8) is 0 Å². The van der Waals surface area contributed by atoms with Crippen LogP contribution in [0.4, 0.5) is 5.69 Å². The monoisotopic (exact) mass is 463 g/mol. The summed E-state index contributed by atoms with van der Waals surface area (Å²) in [5.74, 6) is -0.0535. The van der Waals surface area contributed by atoms with E-state index in [9.17, 15) is 9.59 Å². The van der Waals surface area contributed by atoms with E-state index in [1.54, 1.807) is 28.8 Å². The van der Waals surface area contributed by atoms with Crippen molar-refractivity contribution in [2.24, 2.45) is 0 Å². The Morgan fingerprint density at radius 2 is 1.69 bits per heavy atom. The second kappa shape index (κ2) is 9.18. The van der Waals surface area contributed by atoms with Gasteiger partial charge in [-0.1, -0.05) is 59.8 Å². The van der Waals surface area contributed by atoms with Gasteiger partial charge in [-0.2, -0.15) is 0 Å². The lowest BCUT2D eigenvalue weighted by atomic mass is 10.1. The van der Waals surface area contributed by atoms with Gasteiger partial charge < -0.3 is 5.32 Å². The zero-order valence-corrected chi connectivity index (χ0v) is 19.6. The number of anilines is 1. The molecule has 0 bridgehead atoms. The van der Waals surface area contributed by atoms with Gasteiger partial charge in [-0.25, -0.2) is 4.98 Å². The third-order valence-corrected chi connectivity index (χ3v) is 6.65. The molecule has 0 spiro atoms. The number of hydrogen-bond donors (Lipinski definition) is 1. The first-order valence-corrected chi connectivity index (χ1v) is 11.5. The zero-order valence-electron chi connectivity index (χ0n) is 18.0. The van der Waals surface area contributed by atoms with E-state index in [2.05, 4.69) is 5.32 Å². The fraction of sp³-hybridized carbons (Fsp3) is 0.160. The maximum Gasteiger partial charge on any atom is 0.266 e. The van der Waals surface area contributed by atoms with E-state index in [4.69, 9.17) is 16.6 Å². The predicted molar refractivity (Wildman–Crippen MR) is 132 cm³/mol. The van der Waals surface area contributed by atoms with Crippen LogP contribution in [-0.2, 0) is 4.79 Å². The summed E-state index contributed by atoms with van der Waals surface area (Å²) in [4.78, 5) is 30.8. The number of nitrogens with zero attached hydrogens (tertiary/aromatic N) is 2. The van der Waals surface area contributed by atoms with Crippen LogP contribution in [-0.4, -0.2) is 21.2 Å². The first-order valence-electron chi connectivity index (χ1n) is 10.1. The highest BCUT2D eigenvalue weighted by atomic mass is 35.5. The molecule has 0 saturated carbocycles. The van der Waals surface area contributed by atoms with Gasteiger partial charge >= 0.3 is 0 Å². The Kier molecular flexibility index (Phi) is 6.35. The molecule has 32 heavy (non-hydrogen) atoms. The SMILES string of the molecule is Cc1cccc(C)c1NC(=O)CSc1nc2ccccc2c(=O)n1-c1cccc(Cl)c1C. The Morgan fingerprint density at radius 1 is 1.00 bits per heavy atom. The van der Waals surface area contributed by atoms with Crippen LogP contribution in [0.2, 0.25) is 5.02 Å². The van der Waals surface area contributed by atoms with E-state index in [1.165, 1.54) is 11.8 Å². The van der Waals surface area contributed by atoms with Crippen molar-refractivity contribution in [3.05, 3.63) is 92.7 Å². The van der Waals surface area contributed by atoms with E-state index in [1.807, 2.05) is 57.2 Å². The number of carbonyl (C=O) groups is 1. The van der Waals surface area contributed by atoms with Crippen LogP contribution in [0.15, 0.2) is 70.6 Å². The molecule has 3 aromatic carbocycles. The van der Waals surface area contributed by atoms with Crippen molar-refractivity contribution in [3.8, 4) is 5.69 Å². The molecule has 0 aliphatic rings. The molecule has 1 aromatic heterocycles. The van der Waals surface area contributed by atoms with Gasteiger partial charge in [0.1, 0.15) is 0 Å². The average Bonchev–Trinajstić information content (AvgIpc) is 2.77. The smallest absolute Gasteiger partial charge is 0.266 e. The topological polar surface area (TPSA) is 64.0 Å². The molecule has 162 valence electrons. The van der Waals surface area contributed by atoms with Crippen LogP contribution in [0, 0.1) is 20.8 Å². The molecule has 4 rings (SSSR count). The molecule has 0 fully saturated rings. The van der Waals surface area contributed by atoms with Crippen molar-refractivity contribution in [2.45, 2.75) is 25.9 Å². The number of fused-ring (bicyclic) bond motifs is 1. The number of para-hydroxylation sites is 2. The van der Waals surface area contributed by atoms with Crippen molar-refractivity contribution in [2.75, 3.05) is 11.1 Å². The highest BCUT2D eigenvalue weighted by molar-refractivity contribution is 7.99. The first-order chi connectivity index (χ1) is 15.4. The van der Waals surface area contributed by atoms with Gasteiger partial charge in [-0.15, -0.1) is 0 Å². The summed E-state index contributed by atoms with van der Waals surface area (Å²) in [7, 11) is 0. The summed E-state index contributed by atoms with van der Waals surface area (Å²) in [5.41, 5.74) is 4.63. The molecule has 0 aliphatic carbocycles. The fourth-order valence-electron chi connectivity index (χ4n) is 3.58. The van der Waals surface area contributed by atoms with E-state index < -0.39 is 0 Å². The molecule has 4 aromatic rings. The minimum Gasteiger partial charge on any atom is -0.325 e. The number of aromatic nitrogens is 2. The summed E-state index contributed by atoms with van der Waals surface area (Å²) in [6.07, 6.45) is 0. The highest BCUT2D eigenvalue weighted by Gasteiger charge is 2.17. The van der Waals surface area contributed by atoms with Crippen molar-refractivity contribution < 1.29 is 4.79 Å². The van der Waals surface area contributed by atoms with Crippen molar-refractivity contribution >= 4 is 45.9 Å². The van der Waals surface area contributed by atoms with Crippen LogP contribution < -0.4 is 10.9 Å². The number of rotatable bonds is 5. The Bertz CT molecular complexity index is 1380. The van der Waals surface area contributed by atoms with E-state index >= 15 is 0 Å². The maximum absolute atomic E-state index is 13.4. The van der Waals surface area contributed by atoms with Crippen LogP contribution in [0.25, 0.3) is 16.6 Å². The standard InChI is InChI=1S/C25H22ClN3O2S/c1-15-8-6-9-16(2)23(15)28-22(30)14-32-25-27-20-12-5-4-10-18(20)24(31)29(25)21-13-7-11-19(26)17(21)3/h4-13H,14H2,1-3H3,(H,28,30). The number of hydrogen-bond acceptors (Lipinski definition) is 4. The lowest BCUT2D eigenvalue weighted by molar-refractivity contribution is -0.113. The summed E-state index contributed by atoms with van der Waals surface area (Å²) >= 11 is 7.55. The minimum absolute atomic E-state index is 0.109. The van der Waals surface area contributed by atoms with Gasteiger partial charge in [0.05, 0.1) is 22.3 Å². The van der Waals surface area contributed by atoms with Crippen LogP contribution in [0.1, 0.15) is 16.7 Å². The summed E-state index contributed by atoms with van der Waals surface area (Å²) in [6.45, 7) is 5.78. The van der Waals surface area contributed by atoms with Gasteiger partial charge in [-0.3, -0.25) is 14.2 Å². The molecule has 7 heteroatoms. The third kappa shape index (κ3) is 4.29. The second-order valence-corrected chi connectivity index (χ2v) is 8.89. The molecule has 1 amide bonds. The Balaban J connectivity index is 1.72. The maximum atomic E-state index is 13.4. The van der Waals surface area contributed by atoms with Crippen molar-refractivity contribution in [1.29, 1.82) is 0 Å². The summed E-state index contributed by atoms with van der Waals surface area (Å²) < 4.78 is 1.54. The summed E-state index contributed by atoms with van der Waals surface area (Å²) in [5, 5.41) is 4.50. The molecular weight excluding hydrogens is 442 g/mol. The van der Waals surface area contributed by atoms with E-state index in [0.29, 0.717) is 26.8 Å². The number of aryl methyl sites for hydroxylation is 2.